The Balaban J connectivity index is 1.24. The van der Waals surface area contributed by atoms with E-state index in [1.807, 2.05) is 0 Å². The second-order valence-electron chi connectivity index (χ2n) is 6.65. The molecule has 1 aromatic carbocycles. The van der Waals surface area contributed by atoms with Gasteiger partial charge >= 0.3 is 0 Å². The minimum Gasteiger partial charge on any atom is -0.439 e. The molecule has 0 spiro atoms. The van der Waals surface area contributed by atoms with Crippen LogP contribution >= 0.6 is 0 Å². The van der Waals surface area contributed by atoms with Gasteiger partial charge in [-0.1, -0.05) is 5.16 Å². The molecular weight excluding hydrogens is 372 g/mol. The molecule has 3 heterocycles. The van der Waals surface area contributed by atoms with Crippen molar-refractivity contribution in [2.75, 3.05) is 5.32 Å². The number of hydrogen-bond acceptors (Lipinski definition) is 7. The fraction of sp³-hybridized carbons (Fsp3) is 0.150. The number of ether oxygens (including phenoxy) is 1. The zero-order valence-corrected chi connectivity index (χ0v) is 15.2. The van der Waals surface area contributed by atoms with E-state index in [9.17, 15) is 4.79 Å². The van der Waals surface area contributed by atoms with Gasteiger partial charge in [0.15, 0.2) is 5.69 Å². The normalized spacial score (nSPS) is 13.2. The zero-order valence-electron chi connectivity index (χ0n) is 15.2. The molecule has 0 aliphatic heterocycles. The fourth-order valence-electron chi connectivity index (χ4n) is 2.80. The summed E-state index contributed by atoms with van der Waals surface area (Å²) in [7, 11) is 0. The smallest absolute Gasteiger partial charge is 0.277 e. The lowest BCUT2D eigenvalue weighted by Gasteiger charge is -2.08. The van der Waals surface area contributed by atoms with E-state index in [0.717, 1.165) is 18.6 Å². The molecule has 9 heteroatoms. The van der Waals surface area contributed by atoms with Gasteiger partial charge in [-0.15, -0.1) is 0 Å². The number of imidazole rings is 1. The molecule has 1 aliphatic rings. The second kappa shape index (κ2) is 7.19. The fourth-order valence-corrected chi connectivity index (χ4v) is 2.80. The first kappa shape index (κ1) is 17.1. The van der Waals surface area contributed by atoms with Crippen LogP contribution in [-0.4, -0.2) is 30.6 Å². The van der Waals surface area contributed by atoms with Crippen LogP contribution in [0.4, 0.5) is 5.69 Å². The molecule has 0 bridgehead atoms. The van der Waals surface area contributed by atoms with Crippen LogP contribution in [0.1, 0.15) is 35.0 Å². The predicted molar refractivity (Wildman–Crippen MR) is 102 cm³/mol. The number of carbonyl (C=O) groups excluding carboxylic acids is 1. The highest BCUT2D eigenvalue weighted by atomic mass is 16.5. The molecule has 1 N–H and O–H groups in total. The van der Waals surface area contributed by atoms with Crippen molar-refractivity contribution in [3.05, 3.63) is 72.9 Å². The average molecular weight is 388 g/mol. The standard InChI is InChI=1S/C20H16N6O3/c27-20(16-9-17(29-25-16)13-1-2-13)24-14-3-5-15(6-4-14)28-19-10-18(22-11-23-19)26-8-7-21-12-26/h3-13H,1-2H2,(H,24,27). The molecule has 0 atom stereocenters. The van der Waals surface area contributed by atoms with E-state index in [4.69, 9.17) is 9.26 Å². The summed E-state index contributed by atoms with van der Waals surface area (Å²) in [6, 6.07) is 10.4. The third-order valence-corrected chi connectivity index (χ3v) is 4.47. The minimum absolute atomic E-state index is 0.278. The monoisotopic (exact) mass is 388 g/mol. The van der Waals surface area contributed by atoms with Crippen molar-refractivity contribution in [2.45, 2.75) is 18.8 Å². The number of anilines is 1. The van der Waals surface area contributed by atoms with Gasteiger partial charge in [0.1, 0.15) is 30.0 Å². The van der Waals surface area contributed by atoms with Crippen LogP contribution < -0.4 is 10.1 Å². The first-order valence-electron chi connectivity index (χ1n) is 9.11. The van der Waals surface area contributed by atoms with E-state index < -0.39 is 0 Å². The van der Waals surface area contributed by atoms with Crippen molar-refractivity contribution in [1.29, 1.82) is 0 Å². The summed E-state index contributed by atoms with van der Waals surface area (Å²) in [6.45, 7) is 0. The van der Waals surface area contributed by atoms with Gasteiger partial charge in [-0.25, -0.2) is 15.0 Å². The summed E-state index contributed by atoms with van der Waals surface area (Å²) in [4.78, 5) is 24.6. The maximum Gasteiger partial charge on any atom is 0.277 e. The van der Waals surface area contributed by atoms with Gasteiger partial charge in [-0.3, -0.25) is 9.36 Å². The quantitative estimate of drug-likeness (QED) is 0.538. The Bertz CT molecular complexity index is 1130. The maximum absolute atomic E-state index is 12.3. The molecule has 1 saturated carbocycles. The molecule has 4 aromatic rings. The second-order valence-corrected chi connectivity index (χ2v) is 6.65. The van der Waals surface area contributed by atoms with Crippen LogP contribution in [0.15, 0.2) is 66.0 Å². The van der Waals surface area contributed by atoms with Gasteiger partial charge in [0.05, 0.1) is 0 Å². The first-order valence-corrected chi connectivity index (χ1v) is 9.11. The Kier molecular flexibility index (Phi) is 4.24. The van der Waals surface area contributed by atoms with Gasteiger partial charge in [0, 0.05) is 36.1 Å². The number of carbonyl (C=O) groups is 1. The van der Waals surface area contributed by atoms with Crippen LogP contribution in [0.5, 0.6) is 11.6 Å². The van der Waals surface area contributed by atoms with E-state index in [1.54, 1.807) is 59.7 Å². The van der Waals surface area contributed by atoms with E-state index in [2.05, 4.69) is 25.4 Å². The summed E-state index contributed by atoms with van der Waals surface area (Å²) in [5.41, 5.74) is 0.903. The highest BCUT2D eigenvalue weighted by Gasteiger charge is 2.28. The summed E-state index contributed by atoms with van der Waals surface area (Å²) >= 11 is 0. The van der Waals surface area contributed by atoms with Crippen molar-refractivity contribution >= 4 is 11.6 Å². The van der Waals surface area contributed by atoms with E-state index in [0.29, 0.717) is 29.1 Å². The highest BCUT2D eigenvalue weighted by Crippen LogP contribution is 2.40. The number of aromatic nitrogens is 5. The number of amides is 1. The number of benzene rings is 1. The van der Waals surface area contributed by atoms with Crippen molar-refractivity contribution in [3.63, 3.8) is 0 Å². The molecule has 0 unspecified atom stereocenters. The van der Waals surface area contributed by atoms with E-state index in [-0.39, 0.29) is 11.6 Å². The van der Waals surface area contributed by atoms with Crippen LogP contribution in [0.3, 0.4) is 0 Å². The highest BCUT2D eigenvalue weighted by molar-refractivity contribution is 6.02. The lowest BCUT2D eigenvalue weighted by Crippen LogP contribution is -2.12. The maximum atomic E-state index is 12.3. The molecule has 5 rings (SSSR count). The predicted octanol–water partition coefficient (Wildman–Crippen LogP) is 3.57. The molecule has 0 saturated heterocycles. The Morgan fingerprint density at radius 3 is 2.79 bits per heavy atom. The first-order chi connectivity index (χ1) is 14.2. The number of nitrogens with one attached hydrogen (secondary N) is 1. The molecule has 144 valence electrons. The van der Waals surface area contributed by atoms with Crippen LogP contribution in [-0.2, 0) is 0 Å². The van der Waals surface area contributed by atoms with Crippen molar-refractivity contribution in [1.82, 2.24) is 24.7 Å². The third kappa shape index (κ3) is 3.84. The Morgan fingerprint density at radius 2 is 2.03 bits per heavy atom. The molecule has 1 aliphatic carbocycles. The SMILES string of the molecule is O=C(Nc1ccc(Oc2cc(-n3ccnc3)ncn2)cc1)c1cc(C2CC2)on1. The summed E-state index contributed by atoms with van der Waals surface area (Å²) in [5, 5.41) is 6.64. The third-order valence-electron chi connectivity index (χ3n) is 4.47. The molecule has 0 radical (unpaired) electrons. The number of hydrogen-bond donors (Lipinski definition) is 1. The van der Waals surface area contributed by atoms with E-state index in [1.165, 1.54) is 6.33 Å². The summed E-state index contributed by atoms with van der Waals surface area (Å²) in [5.74, 6) is 2.51. The molecular formula is C20H16N6O3. The summed E-state index contributed by atoms with van der Waals surface area (Å²) in [6.07, 6.45) is 8.70. The van der Waals surface area contributed by atoms with Gasteiger partial charge in [0.2, 0.25) is 5.88 Å². The molecule has 29 heavy (non-hydrogen) atoms. The topological polar surface area (TPSA) is 108 Å². The van der Waals surface area contributed by atoms with Crippen LogP contribution in [0.2, 0.25) is 0 Å². The minimum atomic E-state index is -0.310. The van der Waals surface area contributed by atoms with Gasteiger partial charge in [-0.2, -0.15) is 0 Å². The number of nitrogens with zero attached hydrogens (tertiary/aromatic N) is 5. The van der Waals surface area contributed by atoms with Crippen molar-refractivity contribution < 1.29 is 14.1 Å². The van der Waals surface area contributed by atoms with Gasteiger partial charge < -0.3 is 14.6 Å². The Labute approximate surface area is 165 Å². The van der Waals surface area contributed by atoms with Crippen LogP contribution in [0, 0.1) is 0 Å². The lowest BCUT2D eigenvalue weighted by atomic mass is 10.2. The number of rotatable bonds is 6. The Morgan fingerprint density at radius 1 is 1.17 bits per heavy atom. The Hall–Kier alpha value is -4.01. The molecule has 9 nitrogen and oxygen atoms in total. The molecule has 1 fully saturated rings. The van der Waals surface area contributed by atoms with Gasteiger partial charge in [0.25, 0.3) is 5.91 Å². The molecule has 3 aromatic heterocycles. The lowest BCUT2D eigenvalue weighted by molar-refractivity contribution is 0.101. The van der Waals surface area contributed by atoms with Crippen LogP contribution in [0.25, 0.3) is 5.82 Å². The van der Waals surface area contributed by atoms with Gasteiger partial charge in [-0.05, 0) is 37.1 Å². The summed E-state index contributed by atoms with van der Waals surface area (Å²) < 4.78 is 12.7. The largest absolute Gasteiger partial charge is 0.439 e. The average Bonchev–Trinajstić information content (AvgIpc) is 3.24. The zero-order chi connectivity index (χ0) is 19.6. The molecule has 1 amide bonds. The van der Waals surface area contributed by atoms with Crippen molar-refractivity contribution in [2.24, 2.45) is 0 Å². The van der Waals surface area contributed by atoms with E-state index >= 15 is 0 Å². The van der Waals surface area contributed by atoms with Crippen molar-refractivity contribution in [3.8, 4) is 17.4 Å².